The summed E-state index contributed by atoms with van der Waals surface area (Å²) in [7, 11) is 1.53. The van der Waals surface area contributed by atoms with Crippen LogP contribution in [0.25, 0.3) is 0 Å². The predicted molar refractivity (Wildman–Crippen MR) is 93.3 cm³/mol. The number of nitriles is 1. The first kappa shape index (κ1) is 20.5. The SMILES string of the molecule is CN(CC[C@@H]1C=C(C#N)C(=O)C(C)(C)C1)C(=O)c1ccc(N(F)F)c(F)c1. The van der Waals surface area contributed by atoms with Crippen molar-refractivity contribution in [1.29, 1.82) is 5.26 Å². The van der Waals surface area contributed by atoms with Crippen molar-refractivity contribution >= 4 is 17.4 Å². The van der Waals surface area contributed by atoms with Crippen LogP contribution in [0.15, 0.2) is 29.8 Å². The maximum Gasteiger partial charge on any atom is 0.253 e. The van der Waals surface area contributed by atoms with Gasteiger partial charge in [0.1, 0.15) is 11.8 Å². The van der Waals surface area contributed by atoms with Crippen LogP contribution in [0.3, 0.4) is 0 Å². The number of benzene rings is 1. The van der Waals surface area contributed by atoms with Crippen LogP contribution in [0.2, 0.25) is 0 Å². The molecule has 0 aliphatic heterocycles. The van der Waals surface area contributed by atoms with Gasteiger partial charge in [-0.25, -0.2) is 4.39 Å². The van der Waals surface area contributed by atoms with Gasteiger partial charge in [-0.05, 0) is 42.3 Å². The van der Waals surface area contributed by atoms with Crippen molar-refractivity contribution in [3.05, 3.63) is 41.2 Å². The summed E-state index contributed by atoms with van der Waals surface area (Å²) in [6.07, 6.45) is 2.72. The van der Waals surface area contributed by atoms with E-state index in [4.69, 9.17) is 5.26 Å². The zero-order valence-corrected chi connectivity index (χ0v) is 15.3. The van der Waals surface area contributed by atoms with Crippen LogP contribution in [0.5, 0.6) is 0 Å². The quantitative estimate of drug-likeness (QED) is 0.727. The molecule has 0 bridgehead atoms. The lowest BCUT2D eigenvalue weighted by Crippen LogP contribution is -2.34. The molecule has 0 saturated carbocycles. The molecule has 1 atom stereocenters. The summed E-state index contributed by atoms with van der Waals surface area (Å²) in [5.41, 5.74) is -1.45. The number of allylic oxidation sites excluding steroid dienone is 2. The van der Waals surface area contributed by atoms with Crippen LogP contribution in [0.1, 0.15) is 37.0 Å². The van der Waals surface area contributed by atoms with Gasteiger partial charge in [0.2, 0.25) is 0 Å². The number of hydrogen-bond donors (Lipinski definition) is 0. The molecule has 0 saturated heterocycles. The van der Waals surface area contributed by atoms with Crippen LogP contribution in [0.4, 0.5) is 19.0 Å². The van der Waals surface area contributed by atoms with E-state index >= 15 is 0 Å². The number of nitrogens with zero attached hydrogens (tertiary/aromatic N) is 3. The predicted octanol–water partition coefficient (Wildman–Crippen LogP) is 3.93. The van der Waals surface area contributed by atoms with Gasteiger partial charge in [-0.3, -0.25) is 9.59 Å². The van der Waals surface area contributed by atoms with E-state index in [1.54, 1.807) is 19.9 Å². The number of Topliss-reactive ketones (excluding diaryl/α,β-unsaturated/α-hetero) is 1. The Labute approximate surface area is 155 Å². The topological polar surface area (TPSA) is 64.4 Å². The number of carbonyl (C=O) groups excluding carboxylic acids is 2. The molecule has 27 heavy (non-hydrogen) atoms. The van der Waals surface area contributed by atoms with E-state index in [0.717, 1.165) is 18.2 Å². The van der Waals surface area contributed by atoms with Crippen LogP contribution >= 0.6 is 0 Å². The van der Waals surface area contributed by atoms with E-state index in [9.17, 15) is 22.9 Å². The van der Waals surface area contributed by atoms with Gasteiger partial charge in [0.25, 0.3) is 5.91 Å². The second-order valence-corrected chi connectivity index (χ2v) is 7.28. The standard InChI is InChI=1S/C19H20F3N3O2/c1-19(2)10-12(8-14(11-23)17(19)26)6-7-24(3)18(27)13-4-5-16(25(21)22)15(20)9-13/h4-5,8-9,12H,6-7,10H2,1-3H3/t12-/m1/s1. The Morgan fingerprint density at radius 1 is 1.37 bits per heavy atom. The third kappa shape index (κ3) is 4.48. The fourth-order valence-corrected chi connectivity index (χ4v) is 3.21. The summed E-state index contributed by atoms with van der Waals surface area (Å²) in [6, 6.07) is 4.67. The second kappa shape index (κ2) is 7.82. The Morgan fingerprint density at radius 2 is 2.04 bits per heavy atom. The first-order valence-electron chi connectivity index (χ1n) is 8.40. The smallest absolute Gasteiger partial charge is 0.253 e. The number of rotatable bonds is 5. The van der Waals surface area contributed by atoms with E-state index in [1.165, 1.54) is 11.9 Å². The number of ketones is 1. The minimum Gasteiger partial charge on any atom is -0.342 e. The molecule has 1 aliphatic rings. The van der Waals surface area contributed by atoms with E-state index in [0.29, 0.717) is 19.4 Å². The summed E-state index contributed by atoms with van der Waals surface area (Å²) >= 11 is 0. The summed E-state index contributed by atoms with van der Waals surface area (Å²) in [5.74, 6) is -1.92. The van der Waals surface area contributed by atoms with Crippen molar-refractivity contribution < 1.29 is 22.9 Å². The van der Waals surface area contributed by atoms with Crippen molar-refractivity contribution in [2.45, 2.75) is 26.7 Å². The average Bonchev–Trinajstić information content (AvgIpc) is 2.60. The van der Waals surface area contributed by atoms with Gasteiger partial charge in [-0.1, -0.05) is 28.9 Å². The monoisotopic (exact) mass is 379 g/mol. The summed E-state index contributed by atoms with van der Waals surface area (Å²) in [4.78, 5) is 25.9. The Morgan fingerprint density at radius 3 is 2.59 bits per heavy atom. The van der Waals surface area contributed by atoms with Gasteiger partial charge in [-0.15, -0.1) is 0 Å². The zero-order valence-electron chi connectivity index (χ0n) is 15.3. The van der Waals surface area contributed by atoms with Crippen molar-refractivity contribution in [3.63, 3.8) is 0 Å². The molecule has 0 heterocycles. The fraction of sp³-hybridized carbons (Fsp3) is 0.421. The number of halogens is 3. The van der Waals surface area contributed by atoms with Gasteiger partial charge in [0.15, 0.2) is 11.6 Å². The lowest BCUT2D eigenvalue weighted by Gasteiger charge is -2.32. The molecule has 0 spiro atoms. The van der Waals surface area contributed by atoms with Gasteiger partial charge >= 0.3 is 0 Å². The molecule has 5 nitrogen and oxygen atoms in total. The Bertz CT molecular complexity index is 828. The fourth-order valence-electron chi connectivity index (χ4n) is 3.21. The largest absolute Gasteiger partial charge is 0.342 e. The first-order valence-corrected chi connectivity index (χ1v) is 8.40. The Hall–Kier alpha value is -2.82. The second-order valence-electron chi connectivity index (χ2n) is 7.28. The highest BCUT2D eigenvalue weighted by Gasteiger charge is 2.36. The third-order valence-electron chi connectivity index (χ3n) is 4.71. The van der Waals surface area contributed by atoms with Gasteiger partial charge in [0.05, 0.1) is 5.57 Å². The van der Waals surface area contributed by atoms with Gasteiger partial charge < -0.3 is 4.90 Å². The minimum atomic E-state index is -1.35. The van der Waals surface area contributed by atoms with Gasteiger partial charge in [-0.2, -0.15) is 5.26 Å². The summed E-state index contributed by atoms with van der Waals surface area (Å²) < 4.78 is 38.5. The highest BCUT2D eigenvalue weighted by molar-refractivity contribution is 6.03. The first-order chi connectivity index (χ1) is 12.6. The molecule has 0 radical (unpaired) electrons. The van der Waals surface area contributed by atoms with Crippen molar-refractivity contribution in [3.8, 4) is 6.07 Å². The van der Waals surface area contributed by atoms with Crippen molar-refractivity contribution in [2.24, 2.45) is 11.3 Å². The molecule has 144 valence electrons. The molecule has 1 aromatic rings. The molecular formula is C19H20F3N3O2. The molecule has 1 amide bonds. The molecule has 8 heteroatoms. The number of anilines is 1. The molecule has 0 N–H and O–H groups in total. The van der Waals surface area contributed by atoms with E-state index in [2.05, 4.69) is 0 Å². The Balaban J connectivity index is 2.05. The molecular weight excluding hydrogens is 359 g/mol. The molecule has 0 unspecified atom stereocenters. The summed E-state index contributed by atoms with van der Waals surface area (Å²) in [5, 5.41) is 7.77. The zero-order chi connectivity index (χ0) is 20.4. The van der Waals surface area contributed by atoms with Crippen LogP contribution < -0.4 is 5.34 Å². The normalized spacial score (nSPS) is 18.5. The summed E-state index contributed by atoms with van der Waals surface area (Å²) in [6.45, 7) is 3.88. The molecule has 0 aromatic heterocycles. The number of carbonyl (C=O) groups is 2. The van der Waals surface area contributed by atoms with Crippen LogP contribution in [0, 0.1) is 28.5 Å². The Kier molecular flexibility index (Phi) is 5.94. The molecule has 0 fully saturated rings. The van der Waals surface area contributed by atoms with Crippen molar-refractivity contribution in [2.75, 3.05) is 18.9 Å². The molecule has 2 rings (SSSR count). The van der Waals surface area contributed by atoms with Crippen molar-refractivity contribution in [1.82, 2.24) is 4.90 Å². The van der Waals surface area contributed by atoms with E-state index in [1.807, 2.05) is 6.07 Å². The maximum absolute atomic E-state index is 13.6. The minimum absolute atomic E-state index is 0.0343. The highest BCUT2D eigenvalue weighted by atomic mass is 19.4. The lowest BCUT2D eigenvalue weighted by molar-refractivity contribution is -0.124. The average molecular weight is 379 g/mol. The number of amides is 1. The molecule has 1 aromatic carbocycles. The van der Waals surface area contributed by atoms with Crippen LogP contribution in [-0.4, -0.2) is 30.2 Å². The van der Waals surface area contributed by atoms with E-state index < -0.39 is 28.2 Å². The van der Waals surface area contributed by atoms with E-state index in [-0.39, 0.29) is 22.8 Å². The highest BCUT2D eigenvalue weighted by Crippen LogP contribution is 2.36. The number of hydrogen-bond acceptors (Lipinski definition) is 4. The van der Waals surface area contributed by atoms with Crippen LogP contribution in [-0.2, 0) is 4.79 Å². The third-order valence-corrected chi connectivity index (χ3v) is 4.71. The molecule has 1 aliphatic carbocycles. The lowest BCUT2D eigenvalue weighted by atomic mass is 9.71. The van der Waals surface area contributed by atoms with Gasteiger partial charge in [0, 0.05) is 24.6 Å². The maximum atomic E-state index is 13.6.